The minimum atomic E-state index is -1.80. The number of oxazole rings is 1. The van der Waals surface area contributed by atoms with Crippen molar-refractivity contribution in [2.45, 2.75) is 76.9 Å². The Hall–Kier alpha value is -3.54. The van der Waals surface area contributed by atoms with E-state index in [0.29, 0.717) is 33.0 Å². The molecule has 2 fully saturated rings. The number of aliphatic hydroxyl groups is 1. The zero-order valence-electron chi connectivity index (χ0n) is 23.1. The second kappa shape index (κ2) is 10.4. The largest absolute Gasteiger partial charge is 0.480 e. The van der Waals surface area contributed by atoms with Gasteiger partial charge in [0.25, 0.3) is 5.56 Å². The number of benzene rings is 1. The third-order valence-electron chi connectivity index (χ3n) is 8.75. The van der Waals surface area contributed by atoms with E-state index in [2.05, 4.69) is 4.98 Å². The number of rotatable bonds is 8. The topological polar surface area (TPSA) is 137 Å². The molecule has 4 aromatic rings. The van der Waals surface area contributed by atoms with Gasteiger partial charge in [-0.2, -0.15) is 0 Å². The number of nitrogens with zero attached hydrogens (tertiary/aromatic N) is 3. The van der Waals surface area contributed by atoms with E-state index >= 15 is 0 Å². The molecule has 1 aromatic carbocycles. The van der Waals surface area contributed by atoms with Crippen molar-refractivity contribution in [1.29, 1.82) is 0 Å². The molecule has 3 heterocycles. The van der Waals surface area contributed by atoms with Crippen LogP contribution in [0.2, 0.25) is 0 Å². The van der Waals surface area contributed by atoms with Gasteiger partial charge >= 0.3 is 11.7 Å². The summed E-state index contributed by atoms with van der Waals surface area (Å²) in [5.74, 6) is -0.134. The normalized spacial score (nSPS) is 23.2. The highest BCUT2D eigenvalue weighted by molar-refractivity contribution is 7.22. The molecule has 2 saturated carbocycles. The van der Waals surface area contributed by atoms with Crippen LogP contribution in [-0.4, -0.2) is 42.5 Å². The number of hydrogen-bond donors (Lipinski definition) is 2. The van der Waals surface area contributed by atoms with Gasteiger partial charge in [0.1, 0.15) is 22.7 Å². The molecule has 0 bridgehead atoms. The molecule has 2 aliphatic rings. The number of aryl methyl sites for hydroxylation is 1. The van der Waals surface area contributed by atoms with Gasteiger partial charge in [0.15, 0.2) is 0 Å². The lowest BCUT2D eigenvalue weighted by Crippen LogP contribution is -2.52. The Labute approximate surface area is 239 Å². The van der Waals surface area contributed by atoms with E-state index in [0.717, 1.165) is 35.8 Å². The molecule has 5 atom stereocenters. The lowest BCUT2D eigenvalue weighted by molar-refractivity contribution is -0.146. The van der Waals surface area contributed by atoms with Gasteiger partial charge in [0.05, 0.1) is 35.2 Å². The predicted octanol–water partition coefficient (Wildman–Crippen LogP) is 4.32. The predicted molar refractivity (Wildman–Crippen MR) is 153 cm³/mol. The molecular formula is C30H33N3O7S. The minimum Gasteiger partial charge on any atom is -0.480 e. The third kappa shape index (κ3) is 4.75. The lowest BCUT2D eigenvalue weighted by atomic mass is 10.0. The van der Waals surface area contributed by atoms with Gasteiger partial charge in [-0.15, -0.1) is 11.3 Å². The van der Waals surface area contributed by atoms with E-state index in [4.69, 9.17) is 9.15 Å². The molecule has 0 radical (unpaired) electrons. The standard InChI is InChI=1S/C30H33N3O7S/c1-16-23-26(35)33(30(2,3)28(36)37)29(38)32(27(23)41-24(16)25-31-9-10-39-25)15-22(17-7-5-4-6-8-17)40-21-13-18-11-20(34)12-19(18)14-21/h4-10,18-22,34H,11-15H2,1-3H3,(H,36,37)/t18-,19+,20-,21+,22?. The van der Waals surface area contributed by atoms with Crippen molar-refractivity contribution in [2.24, 2.45) is 11.8 Å². The van der Waals surface area contributed by atoms with Gasteiger partial charge in [-0.3, -0.25) is 9.36 Å². The van der Waals surface area contributed by atoms with Crippen LogP contribution in [0.15, 0.2) is 56.8 Å². The van der Waals surface area contributed by atoms with Crippen LogP contribution in [0, 0.1) is 18.8 Å². The maximum Gasteiger partial charge on any atom is 0.333 e. The summed E-state index contributed by atoms with van der Waals surface area (Å²) >= 11 is 1.22. The summed E-state index contributed by atoms with van der Waals surface area (Å²) in [6.45, 7) is 4.53. The molecular weight excluding hydrogens is 546 g/mol. The first-order valence-electron chi connectivity index (χ1n) is 13.9. The highest BCUT2D eigenvalue weighted by Gasteiger charge is 2.42. The maximum absolute atomic E-state index is 14.1. The van der Waals surface area contributed by atoms with Gasteiger partial charge in [0, 0.05) is 0 Å². The summed E-state index contributed by atoms with van der Waals surface area (Å²) in [7, 11) is 0. The highest BCUT2D eigenvalue weighted by atomic mass is 32.1. The average molecular weight is 580 g/mol. The van der Waals surface area contributed by atoms with Crippen molar-refractivity contribution in [1.82, 2.24) is 14.1 Å². The number of hydrogen-bond acceptors (Lipinski definition) is 8. The molecule has 10 nitrogen and oxygen atoms in total. The summed E-state index contributed by atoms with van der Waals surface area (Å²) in [6, 6.07) is 9.62. The summed E-state index contributed by atoms with van der Waals surface area (Å²) in [4.78, 5) is 45.5. The van der Waals surface area contributed by atoms with Crippen molar-refractivity contribution < 1.29 is 24.2 Å². The summed E-state index contributed by atoms with van der Waals surface area (Å²) in [6.07, 6.45) is 5.38. The molecule has 1 unspecified atom stereocenters. The number of carbonyl (C=O) groups is 1. The summed E-state index contributed by atoms with van der Waals surface area (Å²) in [5.41, 5.74) is -1.73. The fourth-order valence-corrected chi connectivity index (χ4v) is 7.81. The van der Waals surface area contributed by atoms with E-state index in [9.17, 15) is 24.6 Å². The fraction of sp³-hybridized carbons (Fsp3) is 0.467. The first-order valence-corrected chi connectivity index (χ1v) is 14.7. The minimum absolute atomic E-state index is 0.0387. The van der Waals surface area contributed by atoms with Gasteiger partial charge < -0.3 is 19.4 Å². The van der Waals surface area contributed by atoms with Crippen LogP contribution in [0.5, 0.6) is 0 Å². The molecule has 0 saturated heterocycles. The number of aliphatic carboxylic acids is 1. The molecule has 11 heteroatoms. The summed E-state index contributed by atoms with van der Waals surface area (Å²) in [5, 5.41) is 20.4. The van der Waals surface area contributed by atoms with Crippen molar-refractivity contribution in [2.75, 3.05) is 0 Å². The molecule has 216 valence electrons. The van der Waals surface area contributed by atoms with Crippen molar-refractivity contribution in [3.63, 3.8) is 0 Å². The second-order valence-electron chi connectivity index (χ2n) is 11.7. The Morgan fingerprint density at radius 2 is 1.85 bits per heavy atom. The van der Waals surface area contributed by atoms with Gasteiger partial charge in [0.2, 0.25) is 5.89 Å². The van der Waals surface area contributed by atoms with E-state index in [1.54, 1.807) is 6.92 Å². The molecule has 6 rings (SSSR count). The van der Waals surface area contributed by atoms with Crippen molar-refractivity contribution >= 4 is 27.5 Å². The Morgan fingerprint density at radius 3 is 2.46 bits per heavy atom. The maximum atomic E-state index is 14.1. The molecule has 0 amide bonds. The van der Waals surface area contributed by atoms with Crippen LogP contribution in [0.1, 0.15) is 56.8 Å². The van der Waals surface area contributed by atoms with Crippen LogP contribution < -0.4 is 11.2 Å². The van der Waals surface area contributed by atoms with Crippen LogP contribution >= 0.6 is 11.3 Å². The van der Waals surface area contributed by atoms with E-state index < -0.39 is 28.9 Å². The molecule has 41 heavy (non-hydrogen) atoms. The number of aliphatic hydroxyl groups excluding tert-OH is 1. The quantitative estimate of drug-likeness (QED) is 0.315. The molecule has 0 spiro atoms. The van der Waals surface area contributed by atoms with Gasteiger partial charge in [-0.05, 0) is 69.4 Å². The van der Waals surface area contributed by atoms with Crippen LogP contribution in [-0.2, 0) is 21.6 Å². The van der Waals surface area contributed by atoms with E-state index in [1.165, 1.54) is 42.2 Å². The zero-order chi connectivity index (χ0) is 29.1. The number of carboxylic acids is 1. The number of ether oxygens (including phenoxy) is 1. The zero-order valence-corrected chi connectivity index (χ0v) is 24.0. The van der Waals surface area contributed by atoms with E-state index in [1.807, 2.05) is 30.3 Å². The number of fused-ring (bicyclic) bond motifs is 2. The number of carboxylic acid groups (broad SMARTS) is 1. The Kier molecular flexibility index (Phi) is 6.99. The molecule has 3 aromatic heterocycles. The van der Waals surface area contributed by atoms with Crippen molar-refractivity contribution in [3.8, 4) is 10.8 Å². The van der Waals surface area contributed by atoms with Crippen molar-refractivity contribution in [3.05, 3.63) is 74.8 Å². The van der Waals surface area contributed by atoms with Gasteiger partial charge in [-0.1, -0.05) is 30.3 Å². The first-order chi connectivity index (χ1) is 19.6. The Morgan fingerprint density at radius 1 is 1.17 bits per heavy atom. The van der Waals surface area contributed by atoms with Gasteiger partial charge in [-0.25, -0.2) is 19.1 Å². The van der Waals surface area contributed by atoms with Crippen LogP contribution in [0.25, 0.3) is 21.0 Å². The monoisotopic (exact) mass is 579 g/mol. The third-order valence-corrected chi connectivity index (χ3v) is 10.0. The number of thiophene rings is 1. The Balaban J connectivity index is 1.50. The summed E-state index contributed by atoms with van der Waals surface area (Å²) < 4.78 is 14.6. The highest BCUT2D eigenvalue weighted by Crippen LogP contribution is 2.46. The number of aromatic nitrogens is 3. The average Bonchev–Trinajstić information content (AvgIpc) is 3.70. The molecule has 2 N–H and O–H groups in total. The second-order valence-corrected chi connectivity index (χ2v) is 12.7. The van der Waals surface area contributed by atoms with Crippen LogP contribution in [0.4, 0.5) is 0 Å². The van der Waals surface area contributed by atoms with E-state index in [-0.39, 0.29) is 24.1 Å². The molecule has 0 aliphatic heterocycles. The lowest BCUT2D eigenvalue weighted by Gasteiger charge is -2.27. The van der Waals surface area contributed by atoms with Crippen LogP contribution in [0.3, 0.4) is 0 Å². The molecule has 2 aliphatic carbocycles. The SMILES string of the molecule is Cc1c(-c2ncco2)sc2c1c(=O)n(C(C)(C)C(=O)O)c(=O)n2CC(O[C@H]1C[C@H]2C[C@@H](O)C[C@H]2C1)c1ccccc1. The fourth-order valence-electron chi connectivity index (χ4n) is 6.57. The Bertz CT molecular complexity index is 1690. The smallest absolute Gasteiger partial charge is 0.333 e. The first kappa shape index (κ1) is 27.6.